The standard InChI is InChI=1S/C15H24O2/c1-14(2,16)11-7-8-12-15(3,17)13-9-5-4-6-10-13/h4-6,9-10,16-17H,7-8,11-12H2,1-3H3/t15-/m1/s1. The van der Waals surface area contributed by atoms with Crippen LogP contribution in [-0.4, -0.2) is 15.8 Å². The average molecular weight is 236 g/mol. The Labute approximate surface area is 104 Å². The quantitative estimate of drug-likeness (QED) is 0.744. The maximum Gasteiger partial charge on any atom is 0.0868 e. The van der Waals surface area contributed by atoms with Gasteiger partial charge in [-0.3, -0.25) is 0 Å². The van der Waals surface area contributed by atoms with E-state index in [4.69, 9.17) is 0 Å². The van der Waals surface area contributed by atoms with Crippen LogP contribution < -0.4 is 0 Å². The molecule has 0 heterocycles. The van der Waals surface area contributed by atoms with Crippen LogP contribution in [0.15, 0.2) is 30.3 Å². The van der Waals surface area contributed by atoms with Crippen molar-refractivity contribution in [1.82, 2.24) is 0 Å². The van der Waals surface area contributed by atoms with Crippen LogP contribution in [0, 0.1) is 0 Å². The molecule has 0 radical (unpaired) electrons. The van der Waals surface area contributed by atoms with Gasteiger partial charge in [-0.1, -0.05) is 43.2 Å². The molecule has 0 aliphatic heterocycles. The minimum absolute atomic E-state index is 0.599. The van der Waals surface area contributed by atoms with Crippen LogP contribution in [0.2, 0.25) is 0 Å². The zero-order chi connectivity index (χ0) is 12.9. The topological polar surface area (TPSA) is 40.5 Å². The Morgan fingerprint density at radius 3 is 1.94 bits per heavy atom. The first-order valence-corrected chi connectivity index (χ1v) is 6.32. The van der Waals surface area contributed by atoms with Crippen molar-refractivity contribution in [3.63, 3.8) is 0 Å². The number of hydrogen-bond acceptors (Lipinski definition) is 2. The lowest BCUT2D eigenvalue weighted by atomic mass is 9.89. The summed E-state index contributed by atoms with van der Waals surface area (Å²) in [5, 5.41) is 20.0. The number of benzene rings is 1. The van der Waals surface area contributed by atoms with Gasteiger partial charge in [0.2, 0.25) is 0 Å². The van der Waals surface area contributed by atoms with Gasteiger partial charge < -0.3 is 10.2 Å². The Bertz CT molecular complexity index is 323. The van der Waals surface area contributed by atoms with Crippen molar-refractivity contribution < 1.29 is 10.2 Å². The number of rotatable bonds is 6. The van der Waals surface area contributed by atoms with Gasteiger partial charge in [0.15, 0.2) is 0 Å². The molecule has 0 unspecified atom stereocenters. The molecule has 0 bridgehead atoms. The molecule has 0 spiro atoms. The van der Waals surface area contributed by atoms with Gasteiger partial charge in [0, 0.05) is 0 Å². The summed E-state index contributed by atoms with van der Waals surface area (Å²) in [4.78, 5) is 0. The lowest BCUT2D eigenvalue weighted by Crippen LogP contribution is -2.22. The molecular weight excluding hydrogens is 212 g/mol. The Hall–Kier alpha value is -0.860. The second-order valence-electron chi connectivity index (χ2n) is 5.66. The van der Waals surface area contributed by atoms with Crippen molar-refractivity contribution in [2.24, 2.45) is 0 Å². The molecule has 0 fully saturated rings. The molecule has 2 N–H and O–H groups in total. The first-order valence-electron chi connectivity index (χ1n) is 6.32. The molecule has 1 atom stereocenters. The third kappa shape index (κ3) is 5.33. The van der Waals surface area contributed by atoms with Crippen LogP contribution in [0.5, 0.6) is 0 Å². The van der Waals surface area contributed by atoms with E-state index in [2.05, 4.69) is 0 Å². The maximum atomic E-state index is 10.4. The molecule has 0 amide bonds. The lowest BCUT2D eigenvalue weighted by molar-refractivity contribution is 0.0374. The van der Waals surface area contributed by atoms with Crippen molar-refractivity contribution in [1.29, 1.82) is 0 Å². The summed E-state index contributed by atoms with van der Waals surface area (Å²) in [7, 11) is 0. The van der Waals surface area contributed by atoms with Gasteiger partial charge in [-0.05, 0) is 39.2 Å². The van der Waals surface area contributed by atoms with Crippen LogP contribution in [-0.2, 0) is 5.60 Å². The summed E-state index contributed by atoms with van der Waals surface area (Å²) in [5.41, 5.74) is -0.400. The molecule has 0 aliphatic carbocycles. The lowest BCUT2D eigenvalue weighted by Gasteiger charge is -2.24. The van der Waals surface area contributed by atoms with Crippen molar-refractivity contribution in [2.75, 3.05) is 0 Å². The van der Waals surface area contributed by atoms with Gasteiger partial charge in [0.1, 0.15) is 0 Å². The van der Waals surface area contributed by atoms with Gasteiger partial charge in [-0.2, -0.15) is 0 Å². The predicted molar refractivity (Wildman–Crippen MR) is 70.8 cm³/mol. The molecule has 2 nitrogen and oxygen atoms in total. The second-order valence-corrected chi connectivity index (χ2v) is 5.66. The molecule has 0 aliphatic rings. The first-order chi connectivity index (χ1) is 7.81. The van der Waals surface area contributed by atoms with Gasteiger partial charge in [0.25, 0.3) is 0 Å². The van der Waals surface area contributed by atoms with E-state index in [9.17, 15) is 10.2 Å². The van der Waals surface area contributed by atoms with Gasteiger partial charge >= 0.3 is 0 Å². The van der Waals surface area contributed by atoms with E-state index in [1.165, 1.54) is 0 Å². The predicted octanol–water partition coefficient (Wildman–Crippen LogP) is 3.23. The van der Waals surface area contributed by atoms with Crippen LogP contribution in [0.3, 0.4) is 0 Å². The fraction of sp³-hybridized carbons (Fsp3) is 0.600. The van der Waals surface area contributed by atoms with Gasteiger partial charge in [-0.25, -0.2) is 0 Å². The van der Waals surface area contributed by atoms with Crippen LogP contribution in [0.1, 0.15) is 52.0 Å². The highest BCUT2D eigenvalue weighted by molar-refractivity contribution is 5.21. The summed E-state index contributed by atoms with van der Waals surface area (Å²) in [5.74, 6) is 0. The summed E-state index contributed by atoms with van der Waals surface area (Å²) in [6, 6.07) is 9.75. The zero-order valence-corrected chi connectivity index (χ0v) is 11.1. The third-order valence-corrected chi connectivity index (χ3v) is 3.10. The number of aliphatic hydroxyl groups is 2. The Kier molecular flexibility index (Phi) is 4.72. The SMILES string of the molecule is CC(C)(O)CCCC[C@@](C)(O)c1ccccc1. The van der Waals surface area contributed by atoms with Crippen molar-refractivity contribution in [2.45, 2.75) is 57.7 Å². The minimum atomic E-state index is -0.763. The molecule has 0 saturated heterocycles. The van der Waals surface area contributed by atoms with E-state index >= 15 is 0 Å². The monoisotopic (exact) mass is 236 g/mol. The van der Waals surface area contributed by atoms with Crippen molar-refractivity contribution in [3.8, 4) is 0 Å². The van der Waals surface area contributed by atoms with E-state index < -0.39 is 11.2 Å². The van der Waals surface area contributed by atoms with E-state index in [1.807, 2.05) is 51.1 Å². The summed E-state index contributed by atoms with van der Waals surface area (Å²) >= 11 is 0. The minimum Gasteiger partial charge on any atom is -0.390 e. The number of hydrogen-bond donors (Lipinski definition) is 2. The molecule has 17 heavy (non-hydrogen) atoms. The molecule has 0 saturated carbocycles. The van der Waals surface area contributed by atoms with E-state index in [0.29, 0.717) is 0 Å². The number of unbranched alkanes of at least 4 members (excludes halogenated alkanes) is 1. The fourth-order valence-corrected chi connectivity index (χ4v) is 1.97. The van der Waals surface area contributed by atoms with Gasteiger partial charge in [0.05, 0.1) is 11.2 Å². The molecule has 2 heteroatoms. The second kappa shape index (κ2) is 5.65. The first kappa shape index (κ1) is 14.2. The summed E-state index contributed by atoms with van der Waals surface area (Å²) in [6.45, 7) is 5.50. The highest BCUT2D eigenvalue weighted by Gasteiger charge is 2.22. The zero-order valence-electron chi connectivity index (χ0n) is 11.1. The third-order valence-electron chi connectivity index (χ3n) is 3.10. The Balaban J connectivity index is 2.41. The van der Waals surface area contributed by atoms with Crippen molar-refractivity contribution >= 4 is 0 Å². The van der Waals surface area contributed by atoms with Crippen LogP contribution >= 0.6 is 0 Å². The van der Waals surface area contributed by atoms with Crippen molar-refractivity contribution in [3.05, 3.63) is 35.9 Å². The normalized spacial score (nSPS) is 15.6. The fourth-order valence-electron chi connectivity index (χ4n) is 1.97. The largest absolute Gasteiger partial charge is 0.390 e. The summed E-state index contributed by atoms with van der Waals surface area (Å²) < 4.78 is 0. The molecule has 1 aromatic rings. The van der Waals surface area contributed by atoms with Crippen LogP contribution in [0.4, 0.5) is 0 Å². The molecule has 96 valence electrons. The summed E-state index contributed by atoms with van der Waals surface area (Å²) in [6.07, 6.45) is 3.36. The smallest absolute Gasteiger partial charge is 0.0868 e. The maximum absolute atomic E-state index is 10.4. The molecular formula is C15H24O2. The molecule has 1 rings (SSSR count). The van der Waals surface area contributed by atoms with Crippen LogP contribution in [0.25, 0.3) is 0 Å². The Morgan fingerprint density at radius 2 is 1.41 bits per heavy atom. The highest BCUT2D eigenvalue weighted by Crippen LogP contribution is 2.27. The van der Waals surface area contributed by atoms with E-state index in [0.717, 1.165) is 31.2 Å². The van der Waals surface area contributed by atoms with E-state index in [-0.39, 0.29) is 0 Å². The van der Waals surface area contributed by atoms with Gasteiger partial charge in [-0.15, -0.1) is 0 Å². The molecule has 1 aromatic carbocycles. The average Bonchev–Trinajstić information content (AvgIpc) is 2.25. The highest BCUT2D eigenvalue weighted by atomic mass is 16.3. The molecule has 0 aromatic heterocycles. The Morgan fingerprint density at radius 1 is 0.882 bits per heavy atom. The van der Waals surface area contributed by atoms with E-state index in [1.54, 1.807) is 0 Å².